The Morgan fingerprint density at radius 2 is 2.09 bits per heavy atom. The second-order valence-electron chi connectivity index (χ2n) is 4.90. The smallest absolute Gasteiger partial charge is 0.224 e. The van der Waals surface area contributed by atoms with E-state index < -0.39 is 5.82 Å². The van der Waals surface area contributed by atoms with Crippen LogP contribution in [0, 0.1) is 5.82 Å². The van der Waals surface area contributed by atoms with Crippen LogP contribution in [0.25, 0.3) is 11.3 Å². The zero-order chi connectivity index (χ0) is 16.1. The molecule has 4 nitrogen and oxygen atoms in total. The van der Waals surface area contributed by atoms with E-state index in [0.29, 0.717) is 6.42 Å². The molecule has 0 radical (unpaired) electrons. The van der Waals surface area contributed by atoms with Crippen molar-refractivity contribution in [2.24, 2.45) is 0 Å². The molecule has 1 N–H and O–H groups in total. The first-order valence-electron chi connectivity index (χ1n) is 7.11. The normalized spacial score (nSPS) is 10.5. The molecule has 1 amide bonds. The van der Waals surface area contributed by atoms with Crippen molar-refractivity contribution in [3.63, 3.8) is 0 Å². The Kier molecular flexibility index (Phi) is 4.73. The molecule has 23 heavy (non-hydrogen) atoms. The molecule has 0 fully saturated rings. The van der Waals surface area contributed by atoms with Gasteiger partial charge in [0.15, 0.2) is 0 Å². The highest BCUT2D eigenvalue weighted by Crippen LogP contribution is 2.22. The molecule has 0 atom stereocenters. The number of nitrogens with zero attached hydrogens (tertiary/aromatic N) is 2. The molecule has 2 aromatic heterocycles. The largest absolute Gasteiger partial charge is 0.324 e. The molecule has 0 bridgehead atoms. The highest BCUT2D eigenvalue weighted by Gasteiger charge is 2.09. The fraction of sp³-hybridized carbons (Fsp3) is 0.118. The lowest BCUT2D eigenvalue weighted by molar-refractivity contribution is -0.116. The van der Waals surface area contributed by atoms with Crippen molar-refractivity contribution >= 4 is 22.9 Å². The third-order valence-electron chi connectivity index (χ3n) is 3.22. The van der Waals surface area contributed by atoms with Gasteiger partial charge in [0.25, 0.3) is 0 Å². The van der Waals surface area contributed by atoms with Crippen LogP contribution in [0.3, 0.4) is 0 Å². The first kappa shape index (κ1) is 15.3. The Hall–Kier alpha value is -2.60. The number of hydrogen-bond donors (Lipinski definition) is 1. The van der Waals surface area contributed by atoms with Crippen LogP contribution in [-0.2, 0) is 11.2 Å². The van der Waals surface area contributed by atoms with Gasteiger partial charge >= 0.3 is 0 Å². The van der Waals surface area contributed by atoms with Crippen LogP contribution in [0.15, 0.2) is 54.2 Å². The maximum Gasteiger partial charge on any atom is 0.224 e. The third kappa shape index (κ3) is 3.98. The van der Waals surface area contributed by atoms with Gasteiger partial charge < -0.3 is 5.32 Å². The molecule has 1 aromatic carbocycles. The fourth-order valence-electron chi connectivity index (χ4n) is 2.07. The van der Waals surface area contributed by atoms with Crippen molar-refractivity contribution in [3.8, 4) is 11.3 Å². The van der Waals surface area contributed by atoms with Crippen LogP contribution in [0.5, 0.6) is 0 Å². The van der Waals surface area contributed by atoms with Crippen LogP contribution < -0.4 is 5.32 Å². The van der Waals surface area contributed by atoms with Crippen LogP contribution in [0.4, 0.5) is 10.1 Å². The molecule has 0 saturated carbocycles. The molecule has 0 spiro atoms. The molecule has 0 aliphatic heterocycles. The standard InChI is InChI=1S/C17H14FN3OS/c18-13-5-1-2-6-14(13)20-16(22)7-8-17-21-15(11-23-17)12-4-3-9-19-10-12/h1-6,9-11H,7-8H2,(H,20,22). The zero-order valence-corrected chi connectivity index (χ0v) is 13.0. The predicted octanol–water partition coefficient (Wildman–Crippen LogP) is 3.92. The molecule has 0 saturated heterocycles. The second kappa shape index (κ2) is 7.11. The molecule has 0 aliphatic carbocycles. The van der Waals surface area contributed by atoms with Crippen molar-refractivity contribution in [2.75, 3.05) is 5.32 Å². The number of rotatable bonds is 5. The quantitative estimate of drug-likeness (QED) is 0.773. The van der Waals surface area contributed by atoms with Gasteiger partial charge in [-0.25, -0.2) is 9.37 Å². The Bertz CT molecular complexity index is 804. The lowest BCUT2D eigenvalue weighted by atomic mass is 10.2. The number of benzene rings is 1. The van der Waals surface area contributed by atoms with E-state index in [2.05, 4.69) is 15.3 Å². The number of hydrogen-bond acceptors (Lipinski definition) is 4. The number of para-hydroxylation sites is 1. The van der Waals surface area contributed by atoms with E-state index >= 15 is 0 Å². The first-order valence-corrected chi connectivity index (χ1v) is 7.99. The summed E-state index contributed by atoms with van der Waals surface area (Å²) in [6, 6.07) is 9.92. The highest BCUT2D eigenvalue weighted by molar-refractivity contribution is 7.09. The SMILES string of the molecule is O=C(CCc1nc(-c2cccnc2)cs1)Nc1ccccc1F. The van der Waals surface area contributed by atoms with E-state index in [1.165, 1.54) is 23.5 Å². The minimum absolute atomic E-state index is 0.202. The van der Waals surface area contributed by atoms with E-state index in [-0.39, 0.29) is 18.0 Å². The van der Waals surface area contributed by atoms with Gasteiger partial charge in [-0.15, -0.1) is 11.3 Å². The van der Waals surface area contributed by atoms with Gasteiger partial charge in [0.1, 0.15) is 5.82 Å². The first-order chi connectivity index (χ1) is 11.2. The van der Waals surface area contributed by atoms with Crippen LogP contribution in [0.2, 0.25) is 0 Å². The summed E-state index contributed by atoms with van der Waals surface area (Å²) in [5, 5.41) is 5.39. The number of amides is 1. The third-order valence-corrected chi connectivity index (χ3v) is 4.13. The lowest BCUT2D eigenvalue weighted by Gasteiger charge is -2.05. The maximum atomic E-state index is 13.5. The predicted molar refractivity (Wildman–Crippen MR) is 88.7 cm³/mol. The summed E-state index contributed by atoms with van der Waals surface area (Å²) < 4.78 is 13.5. The molecule has 116 valence electrons. The molecular weight excluding hydrogens is 313 g/mol. The zero-order valence-electron chi connectivity index (χ0n) is 12.2. The average molecular weight is 327 g/mol. The van der Waals surface area contributed by atoms with Crippen molar-refractivity contribution < 1.29 is 9.18 Å². The monoisotopic (exact) mass is 327 g/mol. The Labute approximate surface area is 137 Å². The summed E-state index contributed by atoms with van der Waals surface area (Å²) in [7, 11) is 0. The number of nitrogens with one attached hydrogen (secondary N) is 1. The number of anilines is 1. The number of carbonyl (C=O) groups excluding carboxylic acids is 1. The number of pyridine rings is 1. The Balaban J connectivity index is 1.58. The highest BCUT2D eigenvalue weighted by atomic mass is 32.1. The van der Waals surface area contributed by atoms with Gasteiger partial charge in [0, 0.05) is 36.2 Å². The van der Waals surface area contributed by atoms with Gasteiger partial charge in [0.2, 0.25) is 5.91 Å². The van der Waals surface area contributed by atoms with Crippen LogP contribution >= 0.6 is 11.3 Å². The van der Waals surface area contributed by atoms with Gasteiger partial charge in [-0.3, -0.25) is 9.78 Å². The van der Waals surface area contributed by atoms with E-state index in [1.807, 2.05) is 17.5 Å². The molecule has 2 heterocycles. The number of aromatic nitrogens is 2. The minimum Gasteiger partial charge on any atom is -0.324 e. The molecule has 0 unspecified atom stereocenters. The lowest BCUT2D eigenvalue weighted by Crippen LogP contribution is -2.13. The number of aryl methyl sites for hydroxylation is 1. The number of carbonyl (C=O) groups is 1. The number of halogens is 1. The molecule has 6 heteroatoms. The summed E-state index contributed by atoms with van der Waals surface area (Å²) in [5.41, 5.74) is 2.01. The second-order valence-corrected chi connectivity index (χ2v) is 5.84. The van der Waals surface area contributed by atoms with Crippen molar-refractivity contribution in [2.45, 2.75) is 12.8 Å². The fourth-order valence-corrected chi connectivity index (χ4v) is 2.88. The molecule has 0 aliphatic rings. The van der Waals surface area contributed by atoms with E-state index in [9.17, 15) is 9.18 Å². The van der Waals surface area contributed by atoms with Crippen LogP contribution in [0.1, 0.15) is 11.4 Å². The molecule has 3 aromatic rings. The van der Waals surface area contributed by atoms with E-state index in [1.54, 1.807) is 24.5 Å². The van der Waals surface area contributed by atoms with E-state index in [0.717, 1.165) is 16.3 Å². The van der Waals surface area contributed by atoms with Gasteiger partial charge in [-0.2, -0.15) is 0 Å². The van der Waals surface area contributed by atoms with Crippen molar-refractivity contribution in [3.05, 3.63) is 65.0 Å². The molecule has 3 rings (SSSR count). The minimum atomic E-state index is -0.436. The summed E-state index contributed by atoms with van der Waals surface area (Å²) in [4.78, 5) is 20.5. The summed E-state index contributed by atoms with van der Waals surface area (Å²) >= 11 is 1.50. The Morgan fingerprint density at radius 3 is 2.87 bits per heavy atom. The van der Waals surface area contributed by atoms with Gasteiger partial charge in [-0.1, -0.05) is 12.1 Å². The summed E-state index contributed by atoms with van der Waals surface area (Å²) in [6.07, 6.45) is 4.24. The number of thiazole rings is 1. The molecular formula is C17H14FN3OS. The average Bonchev–Trinajstić information content (AvgIpc) is 3.05. The van der Waals surface area contributed by atoms with Crippen molar-refractivity contribution in [1.29, 1.82) is 0 Å². The summed E-state index contributed by atoms with van der Waals surface area (Å²) in [5.74, 6) is -0.665. The van der Waals surface area contributed by atoms with Gasteiger partial charge in [-0.05, 0) is 24.3 Å². The Morgan fingerprint density at radius 1 is 1.22 bits per heavy atom. The van der Waals surface area contributed by atoms with Crippen molar-refractivity contribution in [1.82, 2.24) is 9.97 Å². The summed E-state index contributed by atoms with van der Waals surface area (Å²) in [6.45, 7) is 0. The van der Waals surface area contributed by atoms with Crippen LogP contribution in [-0.4, -0.2) is 15.9 Å². The van der Waals surface area contributed by atoms with E-state index in [4.69, 9.17) is 0 Å². The maximum absolute atomic E-state index is 13.5. The van der Waals surface area contributed by atoms with Gasteiger partial charge in [0.05, 0.1) is 16.4 Å². The topological polar surface area (TPSA) is 54.9 Å².